The number of carbonyl (C=O) groups is 1. The van der Waals surface area contributed by atoms with Gasteiger partial charge in [0.25, 0.3) is 0 Å². The Kier molecular flexibility index (Phi) is 6.16. The Hall–Kier alpha value is -2.13. The van der Waals surface area contributed by atoms with Crippen LogP contribution in [0.2, 0.25) is 0 Å². The summed E-state index contributed by atoms with van der Waals surface area (Å²) < 4.78 is 0. The molecule has 0 aliphatic carbocycles. The Morgan fingerprint density at radius 2 is 1.55 bits per heavy atom. The first-order valence-corrected chi connectivity index (χ1v) is 7.78. The van der Waals surface area contributed by atoms with Crippen molar-refractivity contribution in [3.05, 3.63) is 66.2 Å². The van der Waals surface area contributed by atoms with Gasteiger partial charge in [-0.15, -0.1) is 0 Å². The molecule has 2 rings (SSSR count). The van der Waals surface area contributed by atoms with Gasteiger partial charge in [0.2, 0.25) is 5.91 Å². The Balaban J connectivity index is 1.73. The third-order valence-corrected chi connectivity index (χ3v) is 3.69. The molecule has 2 aromatic rings. The number of hydrogen-bond acceptors (Lipinski definition) is 2. The van der Waals surface area contributed by atoms with Crippen molar-refractivity contribution in [2.24, 2.45) is 0 Å². The van der Waals surface area contributed by atoms with Gasteiger partial charge in [-0.3, -0.25) is 4.79 Å². The molecule has 0 bridgehead atoms. The van der Waals surface area contributed by atoms with Crippen molar-refractivity contribution >= 4 is 11.6 Å². The zero-order chi connectivity index (χ0) is 15.8. The highest BCUT2D eigenvalue weighted by Crippen LogP contribution is 2.13. The van der Waals surface area contributed by atoms with Gasteiger partial charge in [-0.2, -0.15) is 0 Å². The van der Waals surface area contributed by atoms with Crippen LogP contribution in [0.5, 0.6) is 0 Å². The van der Waals surface area contributed by atoms with Crippen LogP contribution in [0.15, 0.2) is 60.7 Å². The molecule has 0 heterocycles. The molecule has 0 radical (unpaired) electrons. The topological polar surface area (TPSA) is 41.1 Å². The lowest BCUT2D eigenvalue weighted by molar-refractivity contribution is -0.116. The van der Waals surface area contributed by atoms with Gasteiger partial charge in [-0.25, -0.2) is 0 Å². The monoisotopic (exact) mass is 296 g/mol. The van der Waals surface area contributed by atoms with E-state index in [4.69, 9.17) is 0 Å². The van der Waals surface area contributed by atoms with E-state index in [1.807, 2.05) is 43.3 Å². The van der Waals surface area contributed by atoms with Crippen LogP contribution in [0.25, 0.3) is 0 Å². The van der Waals surface area contributed by atoms with Crippen molar-refractivity contribution in [2.75, 3.05) is 11.9 Å². The molecule has 0 spiro atoms. The van der Waals surface area contributed by atoms with Crippen molar-refractivity contribution in [2.45, 2.75) is 32.2 Å². The smallest absolute Gasteiger partial charge is 0.225 e. The SMILES string of the molecule is C[C@@H](CC(=O)Nc1ccccc1)NC[C@H](C)c1ccccc1. The molecule has 2 N–H and O–H groups in total. The molecule has 22 heavy (non-hydrogen) atoms. The Morgan fingerprint density at radius 1 is 0.955 bits per heavy atom. The van der Waals surface area contributed by atoms with Crippen LogP contribution in [0.3, 0.4) is 0 Å². The maximum Gasteiger partial charge on any atom is 0.225 e. The average Bonchev–Trinajstić information content (AvgIpc) is 2.54. The highest BCUT2D eigenvalue weighted by Gasteiger charge is 2.11. The van der Waals surface area contributed by atoms with E-state index in [1.54, 1.807) is 0 Å². The fourth-order valence-electron chi connectivity index (χ4n) is 2.36. The van der Waals surface area contributed by atoms with Crippen LogP contribution in [0.4, 0.5) is 5.69 Å². The molecule has 0 saturated heterocycles. The van der Waals surface area contributed by atoms with Crippen LogP contribution in [0.1, 0.15) is 31.7 Å². The van der Waals surface area contributed by atoms with Gasteiger partial charge in [0, 0.05) is 24.7 Å². The van der Waals surface area contributed by atoms with Crippen LogP contribution < -0.4 is 10.6 Å². The Labute approximate surface area is 132 Å². The summed E-state index contributed by atoms with van der Waals surface area (Å²) in [6, 6.07) is 20.1. The van der Waals surface area contributed by atoms with Crippen LogP contribution in [0, 0.1) is 0 Å². The minimum absolute atomic E-state index is 0.0403. The highest BCUT2D eigenvalue weighted by molar-refractivity contribution is 5.90. The quantitative estimate of drug-likeness (QED) is 0.816. The van der Waals surface area contributed by atoms with Gasteiger partial charge < -0.3 is 10.6 Å². The van der Waals surface area contributed by atoms with E-state index in [2.05, 4.69) is 41.8 Å². The third kappa shape index (κ3) is 5.34. The number of anilines is 1. The Bertz CT molecular complexity index is 569. The van der Waals surface area contributed by atoms with Crippen molar-refractivity contribution < 1.29 is 4.79 Å². The largest absolute Gasteiger partial charge is 0.326 e. The average molecular weight is 296 g/mol. The van der Waals surface area contributed by atoms with E-state index in [1.165, 1.54) is 5.56 Å². The highest BCUT2D eigenvalue weighted by atomic mass is 16.1. The minimum atomic E-state index is 0.0403. The molecular formula is C19H24N2O. The van der Waals surface area contributed by atoms with E-state index in [-0.39, 0.29) is 11.9 Å². The van der Waals surface area contributed by atoms with Gasteiger partial charge in [-0.05, 0) is 30.5 Å². The lowest BCUT2D eigenvalue weighted by atomic mass is 10.0. The lowest BCUT2D eigenvalue weighted by Crippen LogP contribution is -2.33. The van der Waals surface area contributed by atoms with Gasteiger partial charge >= 0.3 is 0 Å². The lowest BCUT2D eigenvalue weighted by Gasteiger charge is -2.18. The minimum Gasteiger partial charge on any atom is -0.326 e. The molecule has 0 aliphatic rings. The molecule has 0 saturated carbocycles. The van der Waals surface area contributed by atoms with Gasteiger partial charge in [0.05, 0.1) is 0 Å². The van der Waals surface area contributed by atoms with Crippen LogP contribution >= 0.6 is 0 Å². The molecule has 0 fully saturated rings. The molecule has 0 aromatic heterocycles. The van der Waals surface area contributed by atoms with Gasteiger partial charge in [-0.1, -0.05) is 55.5 Å². The molecular weight excluding hydrogens is 272 g/mol. The second-order valence-electron chi connectivity index (χ2n) is 5.74. The molecule has 3 nitrogen and oxygen atoms in total. The predicted molar refractivity (Wildman–Crippen MR) is 92.0 cm³/mol. The fourth-order valence-corrected chi connectivity index (χ4v) is 2.36. The third-order valence-electron chi connectivity index (χ3n) is 3.69. The Morgan fingerprint density at radius 3 is 2.18 bits per heavy atom. The molecule has 0 aliphatic heterocycles. The second-order valence-corrected chi connectivity index (χ2v) is 5.74. The number of amides is 1. The van der Waals surface area contributed by atoms with Gasteiger partial charge in [0.15, 0.2) is 0 Å². The van der Waals surface area contributed by atoms with E-state index in [0.29, 0.717) is 12.3 Å². The van der Waals surface area contributed by atoms with Crippen LogP contribution in [-0.2, 0) is 4.79 Å². The molecule has 3 heteroatoms. The normalized spacial score (nSPS) is 13.4. The van der Waals surface area contributed by atoms with Crippen molar-refractivity contribution in [3.63, 3.8) is 0 Å². The summed E-state index contributed by atoms with van der Waals surface area (Å²) in [5.74, 6) is 0.472. The summed E-state index contributed by atoms with van der Waals surface area (Å²) in [6.45, 7) is 5.10. The number of nitrogens with one attached hydrogen (secondary N) is 2. The first kappa shape index (κ1) is 16.2. The molecule has 2 aromatic carbocycles. The molecule has 116 valence electrons. The second kappa shape index (κ2) is 8.35. The predicted octanol–water partition coefficient (Wildman–Crippen LogP) is 3.80. The van der Waals surface area contributed by atoms with Crippen molar-refractivity contribution in [1.29, 1.82) is 0 Å². The van der Waals surface area contributed by atoms with E-state index < -0.39 is 0 Å². The first-order chi connectivity index (χ1) is 10.6. The van der Waals surface area contributed by atoms with E-state index in [9.17, 15) is 4.79 Å². The number of rotatable bonds is 7. The van der Waals surface area contributed by atoms with Crippen LogP contribution in [-0.4, -0.2) is 18.5 Å². The van der Waals surface area contributed by atoms with Crippen molar-refractivity contribution in [1.82, 2.24) is 5.32 Å². The summed E-state index contributed by atoms with van der Waals surface area (Å²) in [6.07, 6.45) is 0.469. The summed E-state index contributed by atoms with van der Waals surface area (Å²) in [7, 11) is 0. The maximum absolute atomic E-state index is 12.0. The molecule has 1 amide bonds. The summed E-state index contributed by atoms with van der Waals surface area (Å²) in [5.41, 5.74) is 2.16. The van der Waals surface area contributed by atoms with Gasteiger partial charge in [0.1, 0.15) is 0 Å². The zero-order valence-electron chi connectivity index (χ0n) is 13.3. The molecule has 0 unspecified atom stereocenters. The number of hydrogen-bond donors (Lipinski definition) is 2. The number of carbonyl (C=O) groups excluding carboxylic acids is 1. The summed E-state index contributed by atoms with van der Waals surface area (Å²) in [5, 5.41) is 6.35. The summed E-state index contributed by atoms with van der Waals surface area (Å²) >= 11 is 0. The van der Waals surface area contributed by atoms with Crippen molar-refractivity contribution in [3.8, 4) is 0 Å². The summed E-state index contributed by atoms with van der Waals surface area (Å²) in [4.78, 5) is 12.0. The van der Waals surface area contributed by atoms with E-state index in [0.717, 1.165) is 12.2 Å². The molecule has 2 atom stereocenters. The first-order valence-electron chi connectivity index (χ1n) is 7.78. The number of para-hydroxylation sites is 1. The maximum atomic E-state index is 12.0. The standard InChI is InChI=1S/C19H24N2O/c1-15(17-9-5-3-6-10-17)14-20-16(2)13-19(22)21-18-11-7-4-8-12-18/h3-12,15-16,20H,13-14H2,1-2H3,(H,21,22)/t15-,16-/m0/s1. The zero-order valence-corrected chi connectivity index (χ0v) is 13.3. The number of benzene rings is 2. The fraction of sp³-hybridized carbons (Fsp3) is 0.316. The van der Waals surface area contributed by atoms with E-state index >= 15 is 0 Å².